The second kappa shape index (κ2) is 4.90. The maximum absolute atomic E-state index is 11.7. The number of aliphatic hydroxyl groups excluding tert-OH is 1. The lowest BCUT2D eigenvalue weighted by atomic mass is 10.0. The number of fused-ring (bicyclic) bond motifs is 1. The van der Waals surface area contributed by atoms with E-state index in [1.165, 1.54) is 0 Å². The van der Waals surface area contributed by atoms with Crippen LogP contribution in [-0.2, 0) is 16.4 Å². The summed E-state index contributed by atoms with van der Waals surface area (Å²) in [6.45, 7) is 1.05. The number of nitrogens with zero attached hydrogens (tertiary/aromatic N) is 2. The fourth-order valence-electron chi connectivity index (χ4n) is 3.22. The summed E-state index contributed by atoms with van der Waals surface area (Å²) in [4.78, 5) is 4.63. The summed E-state index contributed by atoms with van der Waals surface area (Å²) in [5.41, 5.74) is 0.902. The van der Waals surface area contributed by atoms with Crippen molar-refractivity contribution >= 4 is 9.84 Å². The van der Waals surface area contributed by atoms with Gasteiger partial charge in [0.25, 0.3) is 0 Å². The number of aromatic nitrogens is 2. The van der Waals surface area contributed by atoms with Crippen LogP contribution in [0.3, 0.4) is 0 Å². The van der Waals surface area contributed by atoms with E-state index in [0.717, 1.165) is 43.7 Å². The number of sulfone groups is 1. The molecule has 6 heteroatoms. The molecule has 1 aromatic rings. The van der Waals surface area contributed by atoms with Gasteiger partial charge in [0.15, 0.2) is 9.84 Å². The van der Waals surface area contributed by atoms with Crippen LogP contribution in [0.4, 0.5) is 0 Å². The van der Waals surface area contributed by atoms with Crippen molar-refractivity contribution in [3.63, 3.8) is 0 Å². The highest BCUT2D eigenvalue weighted by atomic mass is 32.2. The minimum absolute atomic E-state index is 0.0381. The Morgan fingerprint density at radius 2 is 2.21 bits per heavy atom. The van der Waals surface area contributed by atoms with Crippen LogP contribution >= 0.6 is 0 Å². The van der Waals surface area contributed by atoms with Crippen LogP contribution in [0.15, 0.2) is 6.20 Å². The van der Waals surface area contributed by atoms with E-state index < -0.39 is 9.84 Å². The molecule has 1 saturated heterocycles. The lowest BCUT2D eigenvalue weighted by Gasteiger charge is -2.21. The Balaban J connectivity index is 1.88. The predicted octanol–water partition coefficient (Wildman–Crippen LogP) is 1.05. The van der Waals surface area contributed by atoms with Gasteiger partial charge in [0, 0.05) is 24.6 Å². The third kappa shape index (κ3) is 2.56. The third-order valence-electron chi connectivity index (χ3n) is 4.24. The van der Waals surface area contributed by atoms with Gasteiger partial charge in [0.1, 0.15) is 5.82 Å². The van der Waals surface area contributed by atoms with Crippen molar-refractivity contribution < 1.29 is 13.5 Å². The van der Waals surface area contributed by atoms with E-state index in [0.29, 0.717) is 5.75 Å². The normalized spacial score (nSPS) is 29.9. The van der Waals surface area contributed by atoms with Gasteiger partial charge >= 0.3 is 0 Å². The van der Waals surface area contributed by atoms with E-state index in [1.54, 1.807) is 0 Å². The zero-order valence-electron chi connectivity index (χ0n) is 11.0. The Labute approximate surface area is 113 Å². The summed E-state index contributed by atoms with van der Waals surface area (Å²) in [6, 6.07) is 0. The highest BCUT2D eigenvalue weighted by molar-refractivity contribution is 7.91. The Morgan fingerprint density at radius 3 is 2.95 bits per heavy atom. The summed E-state index contributed by atoms with van der Waals surface area (Å²) in [5, 5.41) is 9.39. The largest absolute Gasteiger partial charge is 0.396 e. The second-order valence-electron chi connectivity index (χ2n) is 5.69. The summed E-state index contributed by atoms with van der Waals surface area (Å²) in [6.07, 6.45) is 5.66. The maximum atomic E-state index is 11.7. The van der Waals surface area contributed by atoms with Gasteiger partial charge in [0.05, 0.1) is 23.8 Å². The molecule has 5 nitrogen and oxygen atoms in total. The number of aryl methyl sites for hydroxylation is 1. The highest BCUT2D eigenvalue weighted by Crippen LogP contribution is 2.32. The van der Waals surface area contributed by atoms with Gasteiger partial charge in [0.2, 0.25) is 0 Å². The molecule has 3 rings (SSSR count). The topological polar surface area (TPSA) is 72.2 Å². The number of hydrogen-bond donors (Lipinski definition) is 1. The Bertz CT molecular complexity index is 564. The van der Waals surface area contributed by atoms with Crippen LogP contribution in [0.25, 0.3) is 0 Å². The van der Waals surface area contributed by atoms with Crippen molar-refractivity contribution in [2.24, 2.45) is 0 Å². The van der Waals surface area contributed by atoms with Crippen LogP contribution in [0.1, 0.15) is 49.0 Å². The van der Waals surface area contributed by atoms with Crippen LogP contribution in [-0.4, -0.2) is 41.2 Å². The van der Waals surface area contributed by atoms with Crippen molar-refractivity contribution in [2.45, 2.75) is 44.1 Å². The molecule has 19 heavy (non-hydrogen) atoms. The van der Waals surface area contributed by atoms with E-state index in [1.807, 2.05) is 6.20 Å². The molecule has 106 valence electrons. The van der Waals surface area contributed by atoms with Crippen LogP contribution in [0, 0.1) is 0 Å². The van der Waals surface area contributed by atoms with E-state index in [-0.39, 0.29) is 24.2 Å². The molecule has 0 saturated carbocycles. The summed E-state index contributed by atoms with van der Waals surface area (Å²) in [7, 11) is -2.90. The van der Waals surface area contributed by atoms with Gasteiger partial charge in [-0.1, -0.05) is 0 Å². The molecule has 3 heterocycles. The molecule has 0 bridgehead atoms. The predicted molar refractivity (Wildman–Crippen MR) is 71.9 cm³/mol. The highest BCUT2D eigenvalue weighted by Gasteiger charge is 2.30. The third-order valence-corrected chi connectivity index (χ3v) is 6.07. The van der Waals surface area contributed by atoms with Crippen molar-refractivity contribution in [3.05, 3.63) is 17.7 Å². The molecule has 2 aliphatic heterocycles. The van der Waals surface area contributed by atoms with E-state index in [9.17, 15) is 13.5 Å². The molecule has 2 unspecified atom stereocenters. The first-order chi connectivity index (χ1) is 9.09. The average molecular weight is 284 g/mol. The molecule has 0 aromatic carbocycles. The monoisotopic (exact) mass is 284 g/mol. The Hall–Kier alpha value is -0.880. The van der Waals surface area contributed by atoms with Gasteiger partial charge < -0.3 is 9.67 Å². The van der Waals surface area contributed by atoms with E-state index >= 15 is 0 Å². The Morgan fingerprint density at radius 1 is 1.37 bits per heavy atom. The SMILES string of the molecule is O=S1(=O)CCCC(c2cn3c(n2)C(CO)CCC3)C1. The van der Waals surface area contributed by atoms with Crippen LogP contribution < -0.4 is 0 Å². The minimum atomic E-state index is -2.90. The van der Waals surface area contributed by atoms with E-state index in [2.05, 4.69) is 9.55 Å². The zero-order chi connectivity index (χ0) is 13.5. The van der Waals surface area contributed by atoms with Crippen molar-refractivity contribution in [1.29, 1.82) is 0 Å². The first-order valence-electron chi connectivity index (χ1n) is 6.97. The van der Waals surface area contributed by atoms with Gasteiger partial charge in [-0.25, -0.2) is 13.4 Å². The average Bonchev–Trinajstić information content (AvgIpc) is 2.81. The molecule has 0 spiro atoms. The smallest absolute Gasteiger partial charge is 0.150 e. The molecular formula is C13H20N2O3S. The van der Waals surface area contributed by atoms with Gasteiger partial charge in [-0.05, 0) is 25.7 Å². The molecule has 0 radical (unpaired) electrons. The maximum Gasteiger partial charge on any atom is 0.150 e. The molecule has 1 N–H and O–H groups in total. The fourth-order valence-corrected chi connectivity index (χ4v) is 4.94. The summed E-state index contributed by atoms with van der Waals surface area (Å²) < 4.78 is 25.5. The molecule has 1 aromatic heterocycles. The molecule has 0 aliphatic carbocycles. The fraction of sp³-hybridized carbons (Fsp3) is 0.769. The zero-order valence-corrected chi connectivity index (χ0v) is 11.8. The number of imidazole rings is 1. The summed E-state index contributed by atoms with van der Waals surface area (Å²) >= 11 is 0. The minimum Gasteiger partial charge on any atom is -0.396 e. The van der Waals surface area contributed by atoms with E-state index in [4.69, 9.17) is 0 Å². The lowest BCUT2D eigenvalue weighted by Crippen LogP contribution is -2.24. The number of rotatable bonds is 2. The first-order valence-corrected chi connectivity index (χ1v) is 8.79. The van der Waals surface area contributed by atoms with Crippen molar-refractivity contribution in [2.75, 3.05) is 18.1 Å². The van der Waals surface area contributed by atoms with Crippen LogP contribution in [0.2, 0.25) is 0 Å². The molecule has 2 aliphatic rings. The molecule has 2 atom stereocenters. The lowest BCUT2D eigenvalue weighted by molar-refractivity contribution is 0.238. The molecular weight excluding hydrogens is 264 g/mol. The van der Waals surface area contributed by atoms with Gasteiger partial charge in [-0.2, -0.15) is 0 Å². The Kier molecular flexibility index (Phi) is 3.39. The molecule has 0 amide bonds. The standard InChI is InChI=1S/C13H20N2O3S/c16-8-10-3-1-5-15-7-12(14-13(10)15)11-4-2-6-19(17,18)9-11/h7,10-11,16H,1-6,8-9H2. The second-order valence-corrected chi connectivity index (χ2v) is 7.92. The first kappa shape index (κ1) is 13.1. The summed E-state index contributed by atoms with van der Waals surface area (Å²) in [5.74, 6) is 1.63. The van der Waals surface area contributed by atoms with Crippen LogP contribution in [0.5, 0.6) is 0 Å². The van der Waals surface area contributed by atoms with Crippen molar-refractivity contribution in [3.8, 4) is 0 Å². The quantitative estimate of drug-likeness (QED) is 0.881. The van der Waals surface area contributed by atoms with Gasteiger partial charge in [-0.15, -0.1) is 0 Å². The van der Waals surface area contributed by atoms with Crippen molar-refractivity contribution in [1.82, 2.24) is 9.55 Å². The number of aliphatic hydroxyl groups is 1. The molecule has 1 fully saturated rings. The van der Waals surface area contributed by atoms with Gasteiger partial charge in [-0.3, -0.25) is 0 Å². The number of hydrogen-bond acceptors (Lipinski definition) is 4.